The molecule has 1 aromatic rings. The Morgan fingerprint density at radius 1 is 1.11 bits per heavy atom. The van der Waals surface area contributed by atoms with Crippen LogP contribution >= 0.6 is 0 Å². The van der Waals surface area contributed by atoms with E-state index in [0.29, 0.717) is 16.7 Å². The summed E-state index contributed by atoms with van der Waals surface area (Å²) in [7, 11) is -3.38. The normalized spacial score (nSPS) is 24.6. The largest absolute Gasteiger partial charge is 0.240 e. The first-order valence-corrected chi connectivity index (χ1v) is 8.56. The summed E-state index contributed by atoms with van der Waals surface area (Å²) in [6.07, 6.45) is 4.41. The van der Waals surface area contributed by atoms with Gasteiger partial charge in [0.25, 0.3) is 0 Å². The number of nitrogens with one attached hydrogen (secondary N) is 1. The number of hydrogen-bond donors (Lipinski definition) is 1. The Hall–Kier alpha value is -0.870. The van der Waals surface area contributed by atoms with E-state index in [9.17, 15) is 8.42 Å². The van der Waals surface area contributed by atoms with Crippen molar-refractivity contribution in [2.45, 2.75) is 50.5 Å². The fraction of sp³-hybridized carbons (Fsp3) is 0.600. The predicted octanol–water partition coefficient (Wildman–Crippen LogP) is 3.18. The SMILES string of the molecule is CC(C)C1CCCCC1NS(=O)(=O)c1ccccc1. The fourth-order valence-corrected chi connectivity index (χ4v) is 4.31. The van der Waals surface area contributed by atoms with Crippen molar-refractivity contribution in [3.8, 4) is 0 Å². The fourth-order valence-electron chi connectivity index (χ4n) is 2.97. The van der Waals surface area contributed by atoms with Gasteiger partial charge >= 0.3 is 0 Å². The second kappa shape index (κ2) is 6.06. The van der Waals surface area contributed by atoms with Gasteiger partial charge < -0.3 is 0 Å². The van der Waals surface area contributed by atoms with Crippen molar-refractivity contribution in [2.75, 3.05) is 0 Å². The van der Waals surface area contributed by atoms with E-state index in [1.54, 1.807) is 24.3 Å². The van der Waals surface area contributed by atoms with Gasteiger partial charge in [0, 0.05) is 6.04 Å². The number of rotatable bonds is 4. The Balaban J connectivity index is 2.15. The molecular formula is C15H23NO2S. The van der Waals surface area contributed by atoms with Crippen LogP contribution in [0.3, 0.4) is 0 Å². The molecule has 2 rings (SSSR count). The lowest BCUT2D eigenvalue weighted by atomic mass is 9.78. The molecule has 0 aliphatic heterocycles. The van der Waals surface area contributed by atoms with Crippen LogP contribution in [0.2, 0.25) is 0 Å². The summed E-state index contributed by atoms with van der Waals surface area (Å²) in [5.41, 5.74) is 0. The molecule has 1 N–H and O–H groups in total. The molecule has 0 saturated heterocycles. The van der Waals surface area contributed by atoms with Crippen molar-refractivity contribution in [2.24, 2.45) is 11.8 Å². The summed E-state index contributed by atoms with van der Waals surface area (Å²) >= 11 is 0. The van der Waals surface area contributed by atoms with Crippen LogP contribution in [0.1, 0.15) is 39.5 Å². The lowest BCUT2D eigenvalue weighted by Crippen LogP contribution is -2.43. The van der Waals surface area contributed by atoms with Gasteiger partial charge in [-0.05, 0) is 36.8 Å². The molecule has 0 amide bonds. The third-order valence-corrected chi connectivity index (χ3v) is 5.54. The molecule has 1 saturated carbocycles. The topological polar surface area (TPSA) is 46.2 Å². The van der Waals surface area contributed by atoms with E-state index in [4.69, 9.17) is 0 Å². The molecule has 2 unspecified atom stereocenters. The molecule has 1 aliphatic rings. The van der Waals surface area contributed by atoms with Gasteiger partial charge in [0.2, 0.25) is 10.0 Å². The van der Waals surface area contributed by atoms with Gasteiger partial charge in [-0.15, -0.1) is 0 Å². The summed E-state index contributed by atoms with van der Waals surface area (Å²) in [4.78, 5) is 0.364. The van der Waals surface area contributed by atoms with Crippen molar-refractivity contribution in [1.29, 1.82) is 0 Å². The molecule has 0 heterocycles. The maximum absolute atomic E-state index is 12.4. The number of benzene rings is 1. The Kier molecular flexibility index (Phi) is 4.63. The van der Waals surface area contributed by atoms with E-state index in [1.165, 1.54) is 6.42 Å². The molecule has 1 aromatic carbocycles. The van der Waals surface area contributed by atoms with Gasteiger partial charge in [0.15, 0.2) is 0 Å². The first-order chi connectivity index (χ1) is 9.00. The highest BCUT2D eigenvalue weighted by molar-refractivity contribution is 7.89. The molecule has 3 nitrogen and oxygen atoms in total. The van der Waals surface area contributed by atoms with E-state index < -0.39 is 10.0 Å². The third-order valence-electron chi connectivity index (χ3n) is 4.04. The molecule has 4 heteroatoms. The second-order valence-electron chi connectivity index (χ2n) is 5.73. The average Bonchev–Trinajstić information content (AvgIpc) is 2.39. The van der Waals surface area contributed by atoms with Crippen molar-refractivity contribution in [3.05, 3.63) is 30.3 Å². The molecule has 106 valence electrons. The lowest BCUT2D eigenvalue weighted by molar-refractivity contribution is 0.226. The molecule has 19 heavy (non-hydrogen) atoms. The zero-order valence-electron chi connectivity index (χ0n) is 11.7. The van der Waals surface area contributed by atoms with Gasteiger partial charge in [-0.25, -0.2) is 13.1 Å². The van der Waals surface area contributed by atoms with Crippen molar-refractivity contribution < 1.29 is 8.42 Å². The van der Waals surface area contributed by atoms with Gasteiger partial charge in [0.05, 0.1) is 4.90 Å². The van der Waals surface area contributed by atoms with Gasteiger partial charge in [-0.2, -0.15) is 0 Å². The summed E-state index contributed by atoms with van der Waals surface area (Å²) in [5.74, 6) is 0.969. The first kappa shape index (κ1) is 14.5. The highest BCUT2D eigenvalue weighted by Crippen LogP contribution is 2.31. The minimum Gasteiger partial charge on any atom is -0.208 e. The Morgan fingerprint density at radius 3 is 2.37 bits per heavy atom. The summed E-state index contributed by atoms with van der Waals surface area (Å²) in [6, 6.07) is 8.73. The number of sulfonamides is 1. The van der Waals surface area contributed by atoms with Crippen LogP contribution in [-0.4, -0.2) is 14.5 Å². The van der Waals surface area contributed by atoms with Gasteiger partial charge in [-0.3, -0.25) is 0 Å². The van der Waals surface area contributed by atoms with Crippen LogP contribution in [0.5, 0.6) is 0 Å². The smallest absolute Gasteiger partial charge is 0.208 e. The van der Waals surface area contributed by atoms with Crippen LogP contribution in [-0.2, 0) is 10.0 Å². The zero-order chi connectivity index (χ0) is 13.9. The number of hydrogen-bond acceptors (Lipinski definition) is 2. The molecule has 0 radical (unpaired) electrons. The van der Waals surface area contributed by atoms with E-state index >= 15 is 0 Å². The van der Waals surface area contributed by atoms with E-state index in [1.807, 2.05) is 6.07 Å². The summed E-state index contributed by atoms with van der Waals surface area (Å²) in [6.45, 7) is 4.36. The minimum absolute atomic E-state index is 0.0824. The Bertz CT molecular complexity index is 496. The summed E-state index contributed by atoms with van der Waals surface area (Å²) in [5, 5.41) is 0. The third kappa shape index (κ3) is 3.57. The first-order valence-electron chi connectivity index (χ1n) is 7.08. The Morgan fingerprint density at radius 2 is 1.74 bits per heavy atom. The maximum Gasteiger partial charge on any atom is 0.240 e. The van der Waals surface area contributed by atoms with Crippen LogP contribution in [0.25, 0.3) is 0 Å². The monoisotopic (exact) mass is 281 g/mol. The molecule has 0 spiro atoms. The molecule has 0 aromatic heterocycles. The van der Waals surface area contributed by atoms with Crippen LogP contribution in [0.4, 0.5) is 0 Å². The predicted molar refractivity (Wildman–Crippen MR) is 77.3 cm³/mol. The quantitative estimate of drug-likeness (QED) is 0.921. The lowest BCUT2D eigenvalue weighted by Gasteiger charge is -2.34. The second-order valence-corrected chi connectivity index (χ2v) is 7.45. The van der Waals surface area contributed by atoms with E-state index in [-0.39, 0.29) is 6.04 Å². The molecule has 1 fully saturated rings. The van der Waals surface area contributed by atoms with Crippen molar-refractivity contribution >= 4 is 10.0 Å². The van der Waals surface area contributed by atoms with Gasteiger partial charge in [-0.1, -0.05) is 44.9 Å². The van der Waals surface area contributed by atoms with Crippen LogP contribution < -0.4 is 4.72 Å². The van der Waals surface area contributed by atoms with Crippen LogP contribution in [0, 0.1) is 11.8 Å². The highest BCUT2D eigenvalue weighted by atomic mass is 32.2. The molecule has 2 atom stereocenters. The minimum atomic E-state index is -3.38. The van der Waals surface area contributed by atoms with Crippen molar-refractivity contribution in [1.82, 2.24) is 4.72 Å². The van der Waals surface area contributed by atoms with Crippen LogP contribution in [0.15, 0.2) is 35.2 Å². The molecule has 1 aliphatic carbocycles. The zero-order valence-corrected chi connectivity index (χ0v) is 12.5. The van der Waals surface area contributed by atoms with Crippen molar-refractivity contribution in [3.63, 3.8) is 0 Å². The molecule has 0 bridgehead atoms. The van der Waals surface area contributed by atoms with E-state index in [2.05, 4.69) is 18.6 Å². The average molecular weight is 281 g/mol. The highest BCUT2D eigenvalue weighted by Gasteiger charge is 2.31. The van der Waals surface area contributed by atoms with Gasteiger partial charge in [0.1, 0.15) is 0 Å². The summed E-state index contributed by atoms with van der Waals surface area (Å²) < 4.78 is 27.6. The Labute approximate surface area is 116 Å². The standard InChI is InChI=1S/C15H23NO2S/c1-12(2)14-10-6-7-11-15(14)16-19(17,18)13-8-4-3-5-9-13/h3-5,8-9,12,14-16H,6-7,10-11H2,1-2H3. The van der Waals surface area contributed by atoms with E-state index in [0.717, 1.165) is 19.3 Å². The maximum atomic E-state index is 12.4. The molecular weight excluding hydrogens is 258 g/mol.